The van der Waals surface area contributed by atoms with E-state index in [1.807, 2.05) is 0 Å². The van der Waals surface area contributed by atoms with Crippen LogP contribution in [0.25, 0.3) is 0 Å². The summed E-state index contributed by atoms with van der Waals surface area (Å²) in [5.41, 5.74) is 0.0242. The molecule has 1 N–H and O–H groups in total. The molecule has 0 saturated carbocycles. The maximum absolute atomic E-state index is 13.6. The van der Waals surface area contributed by atoms with Crippen LogP contribution in [-0.4, -0.2) is 23.0 Å². The van der Waals surface area contributed by atoms with E-state index in [1.165, 1.54) is 37.4 Å². The average molecular weight is 371 g/mol. The third kappa shape index (κ3) is 4.91. The van der Waals surface area contributed by atoms with E-state index in [0.717, 1.165) is 0 Å². The molecule has 0 fully saturated rings. The zero-order chi connectivity index (χ0) is 17.7. The Morgan fingerprint density at radius 2 is 2.04 bits per heavy atom. The molecule has 0 aliphatic carbocycles. The third-order valence-corrected chi connectivity index (χ3v) is 3.62. The number of hydrogen-bond donors (Lipinski definition) is 1. The highest BCUT2D eigenvalue weighted by Gasteiger charge is 2.20. The van der Waals surface area contributed by atoms with Crippen LogP contribution in [0, 0.1) is 5.82 Å². The van der Waals surface area contributed by atoms with Gasteiger partial charge in [0.25, 0.3) is 5.91 Å². The van der Waals surface area contributed by atoms with E-state index in [2.05, 4.69) is 10.3 Å². The molecule has 5 nitrogen and oxygen atoms in total. The van der Waals surface area contributed by atoms with Crippen molar-refractivity contribution in [2.75, 3.05) is 5.32 Å². The first-order valence-electron chi connectivity index (χ1n) is 6.91. The molecule has 0 unspecified atom stereocenters. The van der Waals surface area contributed by atoms with E-state index in [1.54, 1.807) is 6.07 Å². The van der Waals surface area contributed by atoms with Gasteiger partial charge in [0.1, 0.15) is 11.6 Å². The Labute approximate surface area is 147 Å². The summed E-state index contributed by atoms with van der Waals surface area (Å²) in [5.74, 6) is -1.68. The first-order chi connectivity index (χ1) is 11.4. The lowest BCUT2D eigenvalue weighted by Gasteiger charge is -2.13. The Morgan fingerprint density at radius 3 is 2.67 bits per heavy atom. The highest BCUT2D eigenvalue weighted by Crippen LogP contribution is 2.20. The van der Waals surface area contributed by atoms with Crippen LogP contribution in [0.5, 0.6) is 0 Å². The number of carbonyl (C=O) groups excluding carboxylic acids is 2. The van der Waals surface area contributed by atoms with Crippen molar-refractivity contribution in [3.05, 3.63) is 58.0 Å². The molecule has 1 aromatic heterocycles. The van der Waals surface area contributed by atoms with Gasteiger partial charge in [0.05, 0.1) is 11.4 Å². The second-order valence-electron chi connectivity index (χ2n) is 4.86. The van der Waals surface area contributed by atoms with Gasteiger partial charge < -0.3 is 10.1 Å². The number of nitrogens with one attached hydrogen (secondary N) is 1. The molecule has 0 aliphatic heterocycles. The molecule has 1 aromatic carbocycles. The summed E-state index contributed by atoms with van der Waals surface area (Å²) in [6.45, 7) is 1.39. The van der Waals surface area contributed by atoms with E-state index in [4.69, 9.17) is 27.9 Å². The number of benzene rings is 1. The molecule has 0 saturated heterocycles. The monoisotopic (exact) mass is 370 g/mol. The normalized spacial score (nSPS) is 11.7. The van der Waals surface area contributed by atoms with E-state index in [-0.39, 0.29) is 22.8 Å². The predicted octanol–water partition coefficient (Wildman–Crippen LogP) is 3.64. The number of esters is 1. The minimum Gasteiger partial charge on any atom is -0.452 e. The molecule has 0 spiro atoms. The highest BCUT2D eigenvalue weighted by atomic mass is 35.5. The van der Waals surface area contributed by atoms with E-state index in [0.29, 0.717) is 5.02 Å². The van der Waals surface area contributed by atoms with Crippen molar-refractivity contribution >= 4 is 40.9 Å². The summed E-state index contributed by atoms with van der Waals surface area (Å²) in [4.78, 5) is 27.7. The first-order valence-corrected chi connectivity index (χ1v) is 7.67. The molecule has 1 atom stereocenters. The van der Waals surface area contributed by atoms with Crippen LogP contribution in [-0.2, 0) is 20.7 Å². The van der Waals surface area contributed by atoms with Gasteiger partial charge in [-0.15, -0.1) is 0 Å². The number of hydrogen-bond acceptors (Lipinski definition) is 4. The van der Waals surface area contributed by atoms with Gasteiger partial charge in [0, 0.05) is 16.8 Å². The van der Waals surface area contributed by atoms with E-state index in [9.17, 15) is 14.0 Å². The summed E-state index contributed by atoms with van der Waals surface area (Å²) in [6, 6.07) is 7.16. The number of anilines is 1. The van der Waals surface area contributed by atoms with E-state index >= 15 is 0 Å². The lowest BCUT2D eigenvalue weighted by molar-refractivity contribution is -0.152. The molecule has 0 bridgehead atoms. The Bertz CT molecular complexity index is 733. The zero-order valence-corrected chi connectivity index (χ0v) is 14.1. The Balaban J connectivity index is 1.93. The molecule has 0 aliphatic rings. The smallest absolute Gasteiger partial charge is 0.311 e. The number of nitrogens with zero attached hydrogens (tertiary/aromatic N) is 1. The fourth-order valence-electron chi connectivity index (χ4n) is 1.82. The number of halogens is 3. The molecule has 2 rings (SSSR count). The largest absolute Gasteiger partial charge is 0.452 e. The first kappa shape index (κ1) is 18.2. The minimum atomic E-state index is -1.08. The maximum atomic E-state index is 13.6. The van der Waals surface area contributed by atoms with Crippen LogP contribution in [0.2, 0.25) is 10.0 Å². The Morgan fingerprint density at radius 1 is 1.29 bits per heavy atom. The number of carbonyl (C=O) groups is 2. The SMILES string of the molecule is C[C@H](OC(=O)Cc1c(F)cccc1Cl)C(=O)Nc1ccc(Cl)cn1. The number of pyridine rings is 1. The van der Waals surface area contributed by atoms with Crippen molar-refractivity contribution in [1.29, 1.82) is 0 Å². The highest BCUT2D eigenvalue weighted by molar-refractivity contribution is 6.31. The van der Waals surface area contributed by atoms with Gasteiger partial charge in [-0.1, -0.05) is 29.3 Å². The molecule has 1 heterocycles. The van der Waals surface area contributed by atoms with Crippen molar-refractivity contribution in [3.8, 4) is 0 Å². The number of aromatic nitrogens is 1. The summed E-state index contributed by atoms with van der Waals surface area (Å²) in [5, 5.41) is 3.02. The summed E-state index contributed by atoms with van der Waals surface area (Å²) < 4.78 is 18.6. The lowest BCUT2D eigenvalue weighted by Crippen LogP contribution is -2.30. The number of rotatable bonds is 5. The Kier molecular flexibility index (Phi) is 6.11. The predicted molar refractivity (Wildman–Crippen MR) is 88.5 cm³/mol. The van der Waals surface area contributed by atoms with Crippen LogP contribution in [0.4, 0.5) is 10.2 Å². The van der Waals surface area contributed by atoms with Crippen molar-refractivity contribution < 1.29 is 18.7 Å². The molecular formula is C16H13Cl2FN2O3. The molecule has 126 valence electrons. The quantitative estimate of drug-likeness (QED) is 0.815. The van der Waals surface area contributed by atoms with Crippen molar-refractivity contribution in [3.63, 3.8) is 0 Å². The molecule has 24 heavy (non-hydrogen) atoms. The molecule has 8 heteroatoms. The standard InChI is InChI=1S/C16H13Cl2FN2O3/c1-9(16(23)21-14-6-5-10(17)8-20-14)24-15(22)7-11-12(18)3-2-4-13(11)19/h2-6,8-9H,7H2,1H3,(H,20,21,23)/t9-/m0/s1. The third-order valence-electron chi connectivity index (χ3n) is 3.04. The van der Waals surface area contributed by atoms with Gasteiger partial charge in [-0.3, -0.25) is 9.59 Å². The summed E-state index contributed by atoms with van der Waals surface area (Å²) in [7, 11) is 0. The topological polar surface area (TPSA) is 68.3 Å². The molecule has 1 amide bonds. The van der Waals surface area contributed by atoms with Crippen molar-refractivity contribution in [2.24, 2.45) is 0 Å². The number of ether oxygens (including phenoxy) is 1. The van der Waals surface area contributed by atoms with Gasteiger partial charge in [0.2, 0.25) is 0 Å². The van der Waals surface area contributed by atoms with Crippen LogP contribution < -0.4 is 5.32 Å². The maximum Gasteiger partial charge on any atom is 0.311 e. The fourth-order valence-corrected chi connectivity index (χ4v) is 2.16. The minimum absolute atomic E-state index is 0.0242. The van der Waals surface area contributed by atoms with E-state index < -0.39 is 23.8 Å². The van der Waals surface area contributed by atoms with Gasteiger partial charge >= 0.3 is 5.97 Å². The van der Waals surface area contributed by atoms with Crippen LogP contribution in [0.1, 0.15) is 12.5 Å². The molecular weight excluding hydrogens is 358 g/mol. The van der Waals surface area contributed by atoms with Gasteiger partial charge in [-0.2, -0.15) is 0 Å². The zero-order valence-electron chi connectivity index (χ0n) is 12.6. The van der Waals surface area contributed by atoms with Gasteiger partial charge in [-0.05, 0) is 31.2 Å². The van der Waals surface area contributed by atoms with Crippen LogP contribution >= 0.6 is 23.2 Å². The van der Waals surface area contributed by atoms with Crippen molar-refractivity contribution in [2.45, 2.75) is 19.4 Å². The van der Waals surface area contributed by atoms with Gasteiger partial charge in [-0.25, -0.2) is 9.37 Å². The summed E-state index contributed by atoms with van der Waals surface area (Å²) in [6.07, 6.45) is -0.0865. The number of amides is 1. The fraction of sp³-hybridized carbons (Fsp3) is 0.188. The second-order valence-corrected chi connectivity index (χ2v) is 5.70. The van der Waals surface area contributed by atoms with Crippen LogP contribution in [0.15, 0.2) is 36.5 Å². The Hall–Kier alpha value is -2.18. The average Bonchev–Trinajstić information content (AvgIpc) is 2.53. The molecule has 2 aromatic rings. The second kappa shape index (κ2) is 8.08. The van der Waals surface area contributed by atoms with Crippen LogP contribution in [0.3, 0.4) is 0 Å². The lowest BCUT2D eigenvalue weighted by atomic mass is 10.1. The van der Waals surface area contributed by atoms with Gasteiger partial charge in [0.15, 0.2) is 6.10 Å². The summed E-state index contributed by atoms with van der Waals surface area (Å²) >= 11 is 11.5. The van der Waals surface area contributed by atoms with Crippen molar-refractivity contribution in [1.82, 2.24) is 4.98 Å². The molecule has 0 radical (unpaired) electrons.